The van der Waals surface area contributed by atoms with E-state index < -0.39 is 0 Å². The molecule has 0 radical (unpaired) electrons. The summed E-state index contributed by atoms with van der Waals surface area (Å²) >= 11 is 0. The van der Waals surface area contributed by atoms with E-state index in [0.717, 1.165) is 74.8 Å². The van der Waals surface area contributed by atoms with Crippen molar-refractivity contribution in [1.29, 1.82) is 0 Å². The molecule has 0 amide bonds. The highest BCUT2D eigenvalue weighted by atomic mass is 15.0. The standard InChI is InChI=1S/C29H56N4/c1-28(2)23-9-5-21(6-10-23)26(28)19-25(33-18-17-32-16-15-31-14-13-30)20-27-22-7-11-24(12-8-22)29(27,3)4/h21-27,31-33H,5-20,30H2,1-4H3. The SMILES string of the molecule is CC1(C)C2CCC(CC2)C1CC(CC1C2CCC(CC2)C1(C)C)NCCNCCNCCN. The van der Waals surface area contributed by atoms with E-state index in [9.17, 15) is 0 Å². The largest absolute Gasteiger partial charge is 0.329 e. The van der Waals surface area contributed by atoms with Gasteiger partial charge in [0.15, 0.2) is 0 Å². The van der Waals surface area contributed by atoms with Crippen molar-refractivity contribution >= 4 is 0 Å². The Bertz CT molecular complexity index is 544. The first-order valence-corrected chi connectivity index (χ1v) is 14.7. The lowest BCUT2D eigenvalue weighted by molar-refractivity contribution is -0.0677. The van der Waals surface area contributed by atoms with Gasteiger partial charge in [0.1, 0.15) is 0 Å². The van der Waals surface area contributed by atoms with Crippen molar-refractivity contribution < 1.29 is 0 Å². The minimum Gasteiger partial charge on any atom is -0.329 e. The second kappa shape index (κ2) is 11.3. The fourth-order valence-electron chi connectivity index (χ4n) is 9.11. The number of hydrogen-bond donors (Lipinski definition) is 4. The highest BCUT2D eigenvalue weighted by molar-refractivity contribution is 5.02. The van der Waals surface area contributed by atoms with Crippen LogP contribution in [0.2, 0.25) is 0 Å². The predicted octanol–water partition coefficient (Wildman–Crippen LogP) is 4.79. The highest BCUT2D eigenvalue weighted by Crippen LogP contribution is 2.59. The van der Waals surface area contributed by atoms with Crippen molar-refractivity contribution in [2.75, 3.05) is 39.3 Å². The molecule has 0 saturated heterocycles. The molecule has 4 bridgehead atoms. The summed E-state index contributed by atoms with van der Waals surface area (Å²) < 4.78 is 0. The van der Waals surface area contributed by atoms with Gasteiger partial charge in [-0.15, -0.1) is 0 Å². The molecule has 0 aromatic heterocycles. The van der Waals surface area contributed by atoms with Crippen LogP contribution in [0.25, 0.3) is 0 Å². The summed E-state index contributed by atoms with van der Waals surface area (Å²) in [7, 11) is 0. The van der Waals surface area contributed by atoms with Crippen LogP contribution >= 0.6 is 0 Å². The van der Waals surface area contributed by atoms with E-state index in [-0.39, 0.29) is 0 Å². The molecule has 2 unspecified atom stereocenters. The Labute approximate surface area is 205 Å². The lowest BCUT2D eigenvalue weighted by Gasteiger charge is -2.57. The Morgan fingerprint density at radius 2 is 1.06 bits per heavy atom. The smallest absolute Gasteiger partial charge is 0.00793 e. The van der Waals surface area contributed by atoms with Gasteiger partial charge in [-0.1, -0.05) is 27.7 Å². The van der Waals surface area contributed by atoms with Crippen LogP contribution < -0.4 is 21.7 Å². The van der Waals surface area contributed by atoms with Crippen molar-refractivity contribution in [3.63, 3.8) is 0 Å². The lowest BCUT2D eigenvalue weighted by atomic mass is 9.49. The van der Waals surface area contributed by atoms with E-state index in [1.807, 2.05) is 0 Å². The molecule has 6 aliphatic carbocycles. The molecular weight excluding hydrogens is 404 g/mol. The monoisotopic (exact) mass is 460 g/mol. The zero-order chi connectivity index (χ0) is 23.5. The zero-order valence-electron chi connectivity index (χ0n) is 22.4. The quantitative estimate of drug-likeness (QED) is 0.299. The van der Waals surface area contributed by atoms with Gasteiger partial charge in [0.05, 0.1) is 0 Å². The Morgan fingerprint density at radius 3 is 1.48 bits per heavy atom. The Morgan fingerprint density at radius 1 is 0.636 bits per heavy atom. The third-order valence-electron chi connectivity index (χ3n) is 11.3. The van der Waals surface area contributed by atoms with E-state index in [4.69, 9.17) is 5.73 Å². The van der Waals surface area contributed by atoms with Crippen molar-refractivity contribution in [3.8, 4) is 0 Å². The maximum Gasteiger partial charge on any atom is 0.00793 e. The molecule has 192 valence electrons. The van der Waals surface area contributed by atoms with Crippen LogP contribution in [0.5, 0.6) is 0 Å². The fraction of sp³-hybridized carbons (Fsp3) is 1.00. The molecule has 5 N–H and O–H groups in total. The average Bonchev–Trinajstić information content (AvgIpc) is 2.80. The van der Waals surface area contributed by atoms with Crippen LogP contribution in [0.15, 0.2) is 0 Å². The maximum atomic E-state index is 5.57. The second-order valence-corrected chi connectivity index (χ2v) is 13.5. The van der Waals surface area contributed by atoms with Gasteiger partial charge in [-0.2, -0.15) is 0 Å². The molecule has 0 aliphatic heterocycles. The summed E-state index contributed by atoms with van der Waals surface area (Å²) in [5, 5.41) is 11.1. The van der Waals surface area contributed by atoms with Crippen LogP contribution in [-0.2, 0) is 0 Å². The molecule has 6 saturated carbocycles. The molecule has 6 rings (SSSR count). The molecule has 2 atom stereocenters. The average molecular weight is 461 g/mol. The van der Waals surface area contributed by atoms with Gasteiger partial charge in [-0.25, -0.2) is 0 Å². The molecule has 0 spiro atoms. The van der Waals surface area contributed by atoms with Gasteiger partial charge in [0.25, 0.3) is 0 Å². The minimum absolute atomic E-state index is 0.537. The van der Waals surface area contributed by atoms with Crippen LogP contribution in [0.3, 0.4) is 0 Å². The zero-order valence-corrected chi connectivity index (χ0v) is 22.4. The number of fused-ring (bicyclic) bond motifs is 6. The molecule has 33 heavy (non-hydrogen) atoms. The first-order chi connectivity index (χ1) is 15.8. The molecule has 0 aromatic carbocycles. The van der Waals surface area contributed by atoms with Crippen molar-refractivity contribution in [2.24, 2.45) is 52.1 Å². The van der Waals surface area contributed by atoms with Gasteiger partial charge in [-0.3, -0.25) is 0 Å². The summed E-state index contributed by atoms with van der Waals surface area (Å²) in [5.74, 6) is 5.74. The van der Waals surface area contributed by atoms with Gasteiger partial charge >= 0.3 is 0 Å². The molecule has 4 nitrogen and oxygen atoms in total. The third kappa shape index (κ3) is 5.81. The van der Waals surface area contributed by atoms with Crippen LogP contribution in [-0.4, -0.2) is 45.3 Å². The van der Waals surface area contributed by atoms with Gasteiger partial charge in [-0.05, 0) is 111 Å². The van der Waals surface area contributed by atoms with E-state index >= 15 is 0 Å². The van der Waals surface area contributed by atoms with Crippen molar-refractivity contribution in [3.05, 3.63) is 0 Å². The van der Waals surface area contributed by atoms with Crippen LogP contribution in [0.1, 0.15) is 91.9 Å². The van der Waals surface area contributed by atoms with Gasteiger partial charge in [0, 0.05) is 45.3 Å². The number of hydrogen-bond acceptors (Lipinski definition) is 4. The first kappa shape index (κ1) is 25.9. The summed E-state index contributed by atoms with van der Waals surface area (Å²) in [6, 6.07) is 0.689. The summed E-state index contributed by atoms with van der Waals surface area (Å²) in [6.07, 6.45) is 14.8. The van der Waals surface area contributed by atoms with E-state index in [1.165, 1.54) is 64.2 Å². The summed E-state index contributed by atoms with van der Waals surface area (Å²) in [4.78, 5) is 0. The fourth-order valence-corrected chi connectivity index (χ4v) is 9.11. The molecule has 0 aromatic rings. The maximum absolute atomic E-state index is 5.57. The number of rotatable bonds is 13. The van der Waals surface area contributed by atoms with Crippen LogP contribution in [0.4, 0.5) is 0 Å². The Balaban J connectivity index is 1.36. The third-order valence-corrected chi connectivity index (χ3v) is 11.3. The number of nitrogens with one attached hydrogen (secondary N) is 3. The van der Waals surface area contributed by atoms with E-state index in [1.54, 1.807) is 0 Å². The lowest BCUT2D eigenvalue weighted by Crippen LogP contribution is -2.52. The predicted molar refractivity (Wildman–Crippen MR) is 141 cm³/mol. The number of nitrogens with two attached hydrogens (primary N) is 1. The topological polar surface area (TPSA) is 62.1 Å². The minimum atomic E-state index is 0.537. The first-order valence-electron chi connectivity index (χ1n) is 14.7. The molecule has 0 heterocycles. The van der Waals surface area contributed by atoms with Crippen LogP contribution in [0, 0.1) is 46.3 Å². The summed E-state index contributed by atoms with van der Waals surface area (Å²) in [5.41, 5.74) is 6.64. The highest BCUT2D eigenvalue weighted by Gasteiger charge is 2.51. The van der Waals surface area contributed by atoms with Crippen molar-refractivity contribution in [1.82, 2.24) is 16.0 Å². The molecular formula is C29H56N4. The van der Waals surface area contributed by atoms with E-state index in [2.05, 4.69) is 43.6 Å². The van der Waals surface area contributed by atoms with Gasteiger partial charge < -0.3 is 21.7 Å². The molecule has 6 fully saturated rings. The van der Waals surface area contributed by atoms with E-state index in [0.29, 0.717) is 16.9 Å². The Kier molecular flexibility index (Phi) is 8.85. The normalized spacial score (nSPS) is 37.4. The van der Waals surface area contributed by atoms with Gasteiger partial charge in [0.2, 0.25) is 0 Å². The van der Waals surface area contributed by atoms with Crippen molar-refractivity contribution in [2.45, 2.75) is 97.9 Å². The Hall–Kier alpha value is -0.160. The molecule has 4 heteroatoms. The molecule has 6 aliphatic rings. The summed E-state index contributed by atoms with van der Waals surface area (Å²) in [6.45, 7) is 16.3. The second-order valence-electron chi connectivity index (χ2n) is 13.5.